The molecule has 0 spiro atoms. The van der Waals surface area contributed by atoms with E-state index in [1.165, 1.54) is 68.4 Å². The van der Waals surface area contributed by atoms with Crippen molar-refractivity contribution in [2.24, 2.45) is 0 Å². The second-order valence-electron chi connectivity index (χ2n) is 7.86. The van der Waals surface area contributed by atoms with Crippen molar-refractivity contribution in [3.8, 4) is 0 Å². The summed E-state index contributed by atoms with van der Waals surface area (Å²) in [5.41, 5.74) is 0.243. The van der Waals surface area contributed by atoms with Crippen molar-refractivity contribution in [3.63, 3.8) is 0 Å². The normalized spacial score (nSPS) is 12.3. The quantitative estimate of drug-likeness (QED) is 0.518. The van der Waals surface area contributed by atoms with E-state index < -0.39 is 46.2 Å². The maximum absolute atomic E-state index is 14.5. The zero-order valence-corrected chi connectivity index (χ0v) is 20.5. The molecule has 1 N–H and O–H groups in total. The highest BCUT2D eigenvalue weighted by molar-refractivity contribution is 7.90. The minimum atomic E-state index is -4.25. The molecule has 0 aromatic heterocycles. The Morgan fingerprint density at radius 2 is 1.65 bits per heavy atom. The first kappa shape index (κ1) is 27.2. The lowest BCUT2D eigenvalue weighted by Gasteiger charge is -2.32. The molecule has 1 atom stereocenters. The van der Waals surface area contributed by atoms with E-state index in [9.17, 15) is 26.8 Å². The molecule has 2 amide bonds. The number of amides is 2. The third-order valence-electron chi connectivity index (χ3n) is 5.12. The van der Waals surface area contributed by atoms with Gasteiger partial charge in [0.1, 0.15) is 24.2 Å². The third-order valence-corrected chi connectivity index (χ3v) is 6.93. The maximum atomic E-state index is 14.5. The fourth-order valence-electron chi connectivity index (χ4n) is 3.12. The number of anilines is 1. The van der Waals surface area contributed by atoms with Gasteiger partial charge in [-0.15, -0.1) is 0 Å². The number of hydrogen-bond acceptors (Lipinski definition) is 4. The number of hydrogen-bond donors (Lipinski definition) is 1. The zero-order valence-electron chi connectivity index (χ0n) is 19.7. The van der Waals surface area contributed by atoms with Gasteiger partial charge in [-0.1, -0.05) is 31.2 Å². The smallest absolute Gasteiger partial charge is 0.304 e. The maximum Gasteiger partial charge on any atom is 0.304 e. The topological polar surface area (TPSA) is 90.0 Å². The SMILES string of the molecule is CCCNC(=O)[C@@H](C)N(Cc1ccc(F)cc1)C(=O)CN(c1ccccc1F)S(=O)(=O)N(C)C. The van der Waals surface area contributed by atoms with Crippen LogP contribution in [-0.4, -0.2) is 62.7 Å². The van der Waals surface area contributed by atoms with Crippen LogP contribution in [0.3, 0.4) is 0 Å². The predicted molar refractivity (Wildman–Crippen MR) is 126 cm³/mol. The molecule has 0 radical (unpaired) electrons. The molecule has 8 nitrogen and oxygen atoms in total. The molecule has 0 unspecified atom stereocenters. The van der Waals surface area contributed by atoms with Crippen molar-refractivity contribution in [3.05, 3.63) is 65.7 Å². The Labute approximate surface area is 199 Å². The Bertz CT molecular complexity index is 1090. The average molecular weight is 497 g/mol. The monoisotopic (exact) mass is 496 g/mol. The third kappa shape index (κ3) is 6.73. The molecule has 2 aromatic rings. The molecule has 34 heavy (non-hydrogen) atoms. The van der Waals surface area contributed by atoms with Crippen molar-refractivity contribution in [1.29, 1.82) is 0 Å². The number of carbonyl (C=O) groups excluding carboxylic acids is 2. The van der Waals surface area contributed by atoms with Crippen molar-refractivity contribution in [1.82, 2.24) is 14.5 Å². The molecule has 0 bridgehead atoms. The minimum Gasteiger partial charge on any atom is -0.354 e. The molecule has 0 saturated heterocycles. The molecule has 11 heteroatoms. The lowest BCUT2D eigenvalue weighted by atomic mass is 10.1. The molecule has 0 heterocycles. The summed E-state index contributed by atoms with van der Waals surface area (Å²) in [6.07, 6.45) is 0.687. The standard InChI is InChI=1S/C23H30F2N4O4S/c1-5-14-26-23(31)17(2)28(15-18-10-12-19(24)13-11-18)22(30)16-29(34(32,33)27(3)4)21-9-7-6-8-20(21)25/h6-13,17H,5,14-16H2,1-4H3,(H,26,31)/t17-/m1/s1. The van der Waals surface area contributed by atoms with E-state index in [1.54, 1.807) is 0 Å². The van der Waals surface area contributed by atoms with E-state index in [0.717, 1.165) is 10.4 Å². The summed E-state index contributed by atoms with van der Waals surface area (Å²) in [5.74, 6) is -2.43. The molecule has 2 aromatic carbocycles. The number of benzene rings is 2. The number of halogens is 2. The Balaban J connectivity index is 2.44. The molecule has 0 aliphatic carbocycles. The van der Waals surface area contributed by atoms with Gasteiger partial charge in [0.05, 0.1) is 5.69 Å². The molecule has 0 aliphatic heterocycles. The van der Waals surface area contributed by atoms with Crippen LogP contribution in [0.15, 0.2) is 48.5 Å². The first-order chi connectivity index (χ1) is 16.0. The van der Waals surface area contributed by atoms with E-state index in [0.29, 0.717) is 22.8 Å². The number of nitrogens with zero attached hydrogens (tertiary/aromatic N) is 3. The number of nitrogens with one attached hydrogen (secondary N) is 1. The molecular weight excluding hydrogens is 466 g/mol. The summed E-state index contributed by atoms with van der Waals surface area (Å²) in [6.45, 7) is 2.98. The highest BCUT2D eigenvalue weighted by Crippen LogP contribution is 2.23. The van der Waals surface area contributed by atoms with Crippen LogP contribution in [0.5, 0.6) is 0 Å². The predicted octanol–water partition coefficient (Wildman–Crippen LogP) is 2.52. The van der Waals surface area contributed by atoms with Crippen LogP contribution in [0.25, 0.3) is 0 Å². The van der Waals surface area contributed by atoms with Crippen LogP contribution in [-0.2, 0) is 26.3 Å². The van der Waals surface area contributed by atoms with Gasteiger partial charge in [0, 0.05) is 27.2 Å². The second-order valence-corrected chi connectivity index (χ2v) is 9.93. The van der Waals surface area contributed by atoms with Gasteiger partial charge in [0.2, 0.25) is 11.8 Å². The Hall–Kier alpha value is -3.05. The summed E-state index contributed by atoms with van der Waals surface area (Å²) < 4.78 is 55.4. The molecule has 0 fully saturated rings. The van der Waals surface area contributed by atoms with Crippen LogP contribution in [0.4, 0.5) is 14.5 Å². The Kier molecular flexibility index (Phi) is 9.51. The summed E-state index contributed by atoms with van der Waals surface area (Å²) >= 11 is 0. The number of rotatable bonds is 11. The van der Waals surface area contributed by atoms with Crippen molar-refractivity contribution >= 4 is 27.7 Å². The van der Waals surface area contributed by atoms with E-state index in [4.69, 9.17) is 0 Å². The highest BCUT2D eigenvalue weighted by atomic mass is 32.2. The van der Waals surface area contributed by atoms with Crippen LogP contribution in [0, 0.1) is 11.6 Å². The van der Waals surface area contributed by atoms with Crippen molar-refractivity contribution in [2.45, 2.75) is 32.9 Å². The minimum absolute atomic E-state index is 0.0764. The van der Waals surface area contributed by atoms with Gasteiger partial charge in [-0.3, -0.25) is 9.59 Å². The number of para-hydroxylation sites is 1. The lowest BCUT2D eigenvalue weighted by molar-refractivity contribution is -0.139. The van der Waals surface area contributed by atoms with E-state index >= 15 is 0 Å². The Morgan fingerprint density at radius 3 is 2.21 bits per heavy atom. The summed E-state index contributed by atoms with van der Waals surface area (Å²) in [5, 5.41) is 2.71. The molecule has 2 rings (SSSR count). The van der Waals surface area contributed by atoms with Crippen LogP contribution in [0.2, 0.25) is 0 Å². The van der Waals surface area contributed by atoms with Crippen molar-refractivity contribution in [2.75, 3.05) is 31.5 Å². The van der Waals surface area contributed by atoms with Crippen molar-refractivity contribution < 1.29 is 26.8 Å². The van der Waals surface area contributed by atoms with E-state index in [2.05, 4.69) is 5.32 Å². The van der Waals surface area contributed by atoms with Gasteiger partial charge in [-0.2, -0.15) is 12.7 Å². The van der Waals surface area contributed by atoms with Gasteiger partial charge in [-0.25, -0.2) is 13.1 Å². The van der Waals surface area contributed by atoms with E-state index in [1.807, 2.05) is 6.92 Å². The average Bonchev–Trinajstić information content (AvgIpc) is 2.80. The van der Waals surface area contributed by atoms with Gasteiger partial charge < -0.3 is 10.2 Å². The Morgan fingerprint density at radius 1 is 1.03 bits per heavy atom. The molecule has 186 valence electrons. The van der Waals surface area contributed by atoms with E-state index in [-0.39, 0.29) is 12.2 Å². The first-order valence-corrected chi connectivity index (χ1v) is 12.1. The van der Waals surface area contributed by atoms with Gasteiger partial charge in [0.15, 0.2) is 0 Å². The summed E-state index contributed by atoms with van der Waals surface area (Å²) in [7, 11) is -1.72. The highest BCUT2D eigenvalue weighted by Gasteiger charge is 2.33. The molecule has 0 saturated carbocycles. The van der Waals surface area contributed by atoms with Crippen LogP contribution < -0.4 is 9.62 Å². The fourth-order valence-corrected chi connectivity index (χ4v) is 4.19. The van der Waals surface area contributed by atoms with Gasteiger partial charge in [-0.05, 0) is 43.2 Å². The zero-order chi connectivity index (χ0) is 25.5. The summed E-state index contributed by atoms with van der Waals surface area (Å²) in [4.78, 5) is 27.3. The van der Waals surface area contributed by atoms with Gasteiger partial charge in [0.25, 0.3) is 0 Å². The first-order valence-electron chi connectivity index (χ1n) is 10.7. The molecular formula is C23H30F2N4O4S. The van der Waals surface area contributed by atoms with Crippen LogP contribution >= 0.6 is 0 Å². The summed E-state index contributed by atoms with van der Waals surface area (Å²) in [6, 6.07) is 9.63. The fraction of sp³-hybridized carbons (Fsp3) is 0.391. The lowest BCUT2D eigenvalue weighted by Crippen LogP contribution is -2.52. The second kappa shape index (κ2) is 11.9. The van der Waals surface area contributed by atoms with Crippen LogP contribution in [0.1, 0.15) is 25.8 Å². The molecule has 0 aliphatic rings. The number of carbonyl (C=O) groups is 2. The van der Waals surface area contributed by atoms with Gasteiger partial charge >= 0.3 is 10.2 Å². The largest absolute Gasteiger partial charge is 0.354 e.